The van der Waals surface area contributed by atoms with Crippen molar-refractivity contribution >= 4 is 17.5 Å². The Hall–Kier alpha value is -2.15. The number of hydrogen-bond acceptors (Lipinski definition) is 4. The van der Waals surface area contributed by atoms with E-state index in [1.807, 2.05) is 0 Å². The number of likely N-dealkylation sites (N-methyl/N-ethyl adjacent to an activating group) is 1. The summed E-state index contributed by atoms with van der Waals surface area (Å²) in [6, 6.07) is 3.61. The second-order valence-electron chi connectivity index (χ2n) is 5.18. The third-order valence-electron chi connectivity index (χ3n) is 3.51. The lowest BCUT2D eigenvalue weighted by atomic mass is 10.1. The van der Waals surface area contributed by atoms with Crippen LogP contribution in [0, 0.1) is 5.82 Å². The topological polar surface area (TPSA) is 78.7 Å². The van der Waals surface area contributed by atoms with Crippen LogP contribution in [0.5, 0.6) is 0 Å². The molecular weight excluding hydrogens is 275 g/mol. The molecular formula is C14H19FN4O2. The summed E-state index contributed by atoms with van der Waals surface area (Å²) >= 11 is 0. The minimum atomic E-state index is -0.679. The van der Waals surface area contributed by atoms with Gasteiger partial charge in [0, 0.05) is 39.3 Å². The van der Waals surface area contributed by atoms with Gasteiger partial charge in [0.1, 0.15) is 11.9 Å². The van der Waals surface area contributed by atoms with Crippen LogP contribution in [-0.4, -0.2) is 56.5 Å². The Morgan fingerprint density at radius 2 is 2.14 bits per heavy atom. The highest BCUT2D eigenvalue weighted by Crippen LogP contribution is 2.24. The van der Waals surface area contributed by atoms with Gasteiger partial charge in [-0.05, 0) is 18.2 Å². The summed E-state index contributed by atoms with van der Waals surface area (Å²) in [6.45, 7) is 1.62. The van der Waals surface area contributed by atoms with Gasteiger partial charge < -0.3 is 20.9 Å². The number of amides is 2. The first-order valence-electron chi connectivity index (χ1n) is 6.69. The van der Waals surface area contributed by atoms with Crippen molar-refractivity contribution in [2.45, 2.75) is 6.04 Å². The van der Waals surface area contributed by atoms with Crippen LogP contribution < -0.4 is 16.0 Å². The number of nitrogens with zero attached hydrogens (tertiary/aromatic N) is 2. The van der Waals surface area contributed by atoms with Gasteiger partial charge in [-0.3, -0.25) is 9.59 Å². The number of carbonyl (C=O) groups is 2. The van der Waals surface area contributed by atoms with E-state index >= 15 is 0 Å². The molecule has 2 rings (SSSR count). The highest BCUT2D eigenvalue weighted by Gasteiger charge is 2.31. The van der Waals surface area contributed by atoms with Crippen LogP contribution in [0.15, 0.2) is 18.2 Å². The number of anilines is 1. The molecule has 0 bridgehead atoms. The first-order valence-corrected chi connectivity index (χ1v) is 6.69. The SMILES string of the molecule is CN(C)C(=O)C1CNCCN1c1ccc(C(N)=O)cc1F. The molecule has 1 atom stereocenters. The molecule has 1 fully saturated rings. The number of benzene rings is 1. The lowest BCUT2D eigenvalue weighted by molar-refractivity contribution is -0.130. The van der Waals surface area contributed by atoms with E-state index < -0.39 is 17.8 Å². The maximum Gasteiger partial charge on any atom is 0.248 e. The Morgan fingerprint density at radius 1 is 1.43 bits per heavy atom. The summed E-state index contributed by atoms with van der Waals surface area (Å²) in [4.78, 5) is 26.5. The molecule has 0 aromatic heterocycles. The van der Waals surface area contributed by atoms with E-state index in [1.165, 1.54) is 17.0 Å². The van der Waals surface area contributed by atoms with Crippen LogP contribution in [0.4, 0.5) is 10.1 Å². The van der Waals surface area contributed by atoms with E-state index in [0.29, 0.717) is 25.3 Å². The molecule has 1 aliphatic heterocycles. The molecule has 6 nitrogen and oxygen atoms in total. The zero-order valence-electron chi connectivity index (χ0n) is 12.1. The first-order chi connectivity index (χ1) is 9.91. The second kappa shape index (κ2) is 6.09. The third-order valence-corrected chi connectivity index (χ3v) is 3.51. The minimum absolute atomic E-state index is 0.0967. The molecule has 0 saturated carbocycles. The Labute approximate surface area is 122 Å². The molecule has 1 aromatic carbocycles. The van der Waals surface area contributed by atoms with Crippen LogP contribution in [0.25, 0.3) is 0 Å². The highest BCUT2D eigenvalue weighted by atomic mass is 19.1. The molecule has 1 saturated heterocycles. The predicted molar refractivity (Wildman–Crippen MR) is 77.6 cm³/mol. The molecule has 7 heteroatoms. The van der Waals surface area contributed by atoms with E-state index in [-0.39, 0.29) is 11.5 Å². The zero-order valence-corrected chi connectivity index (χ0v) is 12.1. The molecule has 0 spiro atoms. The molecule has 1 aromatic rings. The first kappa shape index (κ1) is 15.2. The van der Waals surface area contributed by atoms with Gasteiger partial charge in [0.15, 0.2) is 0 Å². The molecule has 114 valence electrons. The summed E-state index contributed by atoms with van der Waals surface area (Å²) in [6.07, 6.45) is 0. The number of hydrogen-bond donors (Lipinski definition) is 2. The Morgan fingerprint density at radius 3 is 2.71 bits per heavy atom. The summed E-state index contributed by atoms with van der Waals surface area (Å²) in [5, 5.41) is 3.13. The van der Waals surface area contributed by atoms with Gasteiger partial charge in [-0.2, -0.15) is 0 Å². The van der Waals surface area contributed by atoms with Crippen molar-refractivity contribution in [2.24, 2.45) is 5.73 Å². The average molecular weight is 294 g/mol. The van der Waals surface area contributed by atoms with Crippen molar-refractivity contribution in [2.75, 3.05) is 38.6 Å². The smallest absolute Gasteiger partial charge is 0.248 e. The van der Waals surface area contributed by atoms with Crippen molar-refractivity contribution in [1.29, 1.82) is 0 Å². The second-order valence-corrected chi connectivity index (χ2v) is 5.18. The number of primary amides is 1. The lowest BCUT2D eigenvalue weighted by Gasteiger charge is -2.38. The van der Waals surface area contributed by atoms with Gasteiger partial charge in [-0.25, -0.2) is 4.39 Å². The van der Waals surface area contributed by atoms with Gasteiger partial charge in [0.2, 0.25) is 11.8 Å². The Kier molecular flexibility index (Phi) is 4.42. The number of carbonyl (C=O) groups excluding carboxylic acids is 2. The molecule has 2 amide bonds. The Bertz CT molecular complexity index is 562. The van der Waals surface area contributed by atoms with Gasteiger partial charge in [0.25, 0.3) is 0 Å². The van der Waals surface area contributed by atoms with E-state index in [9.17, 15) is 14.0 Å². The van der Waals surface area contributed by atoms with E-state index in [4.69, 9.17) is 5.73 Å². The number of nitrogens with two attached hydrogens (primary N) is 1. The van der Waals surface area contributed by atoms with Crippen LogP contribution in [0.2, 0.25) is 0 Å². The zero-order chi connectivity index (χ0) is 15.6. The third kappa shape index (κ3) is 3.13. The number of halogens is 1. The lowest BCUT2D eigenvalue weighted by Crippen LogP contribution is -2.58. The van der Waals surface area contributed by atoms with Crippen molar-refractivity contribution < 1.29 is 14.0 Å². The maximum atomic E-state index is 14.2. The van der Waals surface area contributed by atoms with Gasteiger partial charge in [0.05, 0.1) is 5.69 Å². The molecule has 1 heterocycles. The maximum absolute atomic E-state index is 14.2. The number of nitrogens with one attached hydrogen (secondary N) is 1. The van der Waals surface area contributed by atoms with Gasteiger partial charge >= 0.3 is 0 Å². The van der Waals surface area contributed by atoms with Crippen LogP contribution in [0.1, 0.15) is 10.4 Å². The Balaban J connectivity index is 2.33. The van der Waals surface area contributed by atoms with Crippen molar-refractivity contribution in [3.05, 3.63) is 29.6 Å². The molecule has 0 aliphatic carbocycles. The fourth-order valence-corrected chi connectivity index (χ4v) is 2.40. The van der Waals surface area contributed by atoms with E-state index in [1.54, 1.807) is 19.0 Å². The quantitative estimate of drug-likeness (QED) is 0.808. The number of piperazine rings is 1. The monoisotopic (exact) mass is 294 g/mol. The molecule has 1 aliphatic rings. The largest absolute Gasteiger partial charge is 0.366 e. The summed E-state index contributed by atoms with van der Waals surface area (Å²) < 4.78 is 14.2. The van der Waals surface area contributed by atoms with Crippen molar-refractivity contribution in [3.63, 3.8) is 0 Å². The fraction of sp³-hybridized carbons (Fsp3) is 0.429. The average Bonchev–Trinajstić information content (AvgIpc) is 2.46. The summed E-state index contributed by atoms with van der Waals surface area (Å²) in [5.74, 6) is -1.33. The normalized spacial score (nSPS) is 18.4. The summed E-state index contributed by atoms with van der Waals surface area (Å²) in [5.41, 5.74) is 5.56. The molecule has 21 heavy (non-hydrogen) atoms. The van der Waals surface area contributed by atoms with E-state index in [2.05, 4.69) is 5.32 Å². The van der Waals surface area contributed by atoms with Gasteiger partial charge in [-0.1, -0.05) is 0 Å². The molecule has 3 N–H and O–H groups in total. The number of rotatable bonds is 3. The predicted octanol–water partition coefficient (Wildman–Crippen LogP) is -0.209. The van der Waals surface area contributed by atoms with Crippen LogP contribution in [0.3, 0.4) is 0 Å². The van der Waals surface area contributed by atoms with Gasteiger partial charge in [-0.15, -0.1) is 0 Å². The minimum Gasteiger partial charge on any atom is -0.366 e. The van der Waals surface area contributed by atoms with Crippen LogP contribution in [-0.2, 0) is 4.79 Å². The van der Waals surface area contributed by atoms with Crippen molar-refractivity contribution in [1.82, 2.24) is 10.2 Å². The fourth-order valence-electron chi connectivity index (χ4n) is 2.40. The summed E-state index contributed by atoms with van der Waals surface area (Å²) in [7, 11) is 3.34. The van der Waals surface area contributed by atoms with Crippen LogP contribution >= 0.6 is 0 Å². The molecule has 0 radical (unpaired) electrons. The van der Waals surface area contributed by atoms with Crippen molar-refractivity contribution in [3.8, 4) is 0 Å². The van der Waals surface area contributed by atoms with E-state index in [0.717, 1.165) is 6.07 Å². The standard InChI is InChI=1S/C14H19FN4O2/c1-18(2)14(21)12-8-17-5-6-19(12)11-4-3-9(13(16)20)7-10(11)15/h3-4,7,12,17H,5-6,8H2,1-2H3,(H2,16,20). The molecule has 1 unspecified atom stereocenters. The highest BCUT2D eigenvalue weighted by molar-refractivity contribution is 5.93.